The zero-order chi connectivity index (χ0) is 15.9. The summed E-state index contributed by atoms with van der Waals surface area (Å²) >= 11 is 0. The number of carbonyl (C=O) groups excluding carboxylic acids is 1. The predicted octanol–water partition coefficient (Wildman–Crippen LogP) is 1.45. The van der Waals surface area contributed by atoms with Gasteiger partial charge >= 0.3 is 6.03 Å². The Morgan fingerprint density at radius 3 is 2.73 bits per heavy atom. The molecule has 1 aliphatic rings. The zero-order valence-corrected chi connectivity index (χ0v) is 13.6. The van der Waals surface area contributed by atoms with E-state index in [1.54, 1.807) is 13.2 Å². The largest absolute Gasteiger partial charge is 0.497 e. The van der Waals surface area contributed by atoms with Gasteiger partial charge in [-0.2, -0.15) is 0 Å². The van der Waals surface area contributed by atoms with Gasteiger partial charge in [-0.3, -0.25) is 4.90 Å². The maximum absolute atomic E-state index is 12.0. The zero-order valence-electron chi connectivity index (χ0n) is 13.6. The molecule has 0 bridgehead atoms. The molecule has 1 aromatic carbocycles. The van der Waals surface area contributed by atoms with E-state index in [1.165, 1.54) is 0 Å². The van der Waals surface area contributed by atoms with Gasteiger partial charge in [0.1, 0.15) is 5.75 Å². The number of hydrogen-bond donors (Lipinski definition) is 2. The van der Waals surface area contributed by atoms with Crippen LogP contribution in [0.1, 0.15) is 6.92 Å². The van der Waals surface area contributed by atoms with Gasteiger partial charge in [0, 0.05) is 50.5 Å². The first-order valence-electron chi connectivity index (χ1n) is 7.69. The van der Waals surface area contributed by atoms with Gasteiger partial charge in [0.25, 0.3) is 0 Å². The number of carbonyl (C=O) groups is 1. The van der Waals surface area contributed by atoms with E-state index in [4.69, 9.17) is 4.74 Å². The Bertz CT molecular complexity index is 487. The lowest BCUT2D eigenvalue weighted by molar-refractivity contribution is 0.145. The van der Waals surface area contributed by atoms with Crippen LogP contribution >= 0.6 is 0 Å². The second-order valence-corrected chi connectivity index (χ2v) is 5.84. The van der Waals surface area contributed by atoms with Crippen molar-refractivity contribution in [2.24, 2.45) is 0 Å². The summed E-state index contributed by atoms with van der Waals surface area (Å²) in [5, 5.41) is 5.81. The SMILES string of the molecule is COc1cccc(NC(=O)NC(C)CN2CCN(C)CC2)c1. The number of anilines is 1. The Labute approximate surface area is 132 Å². The van der Waals surface area contributed by atoms with Crippen molar-refractivity contribution in [1.82, 2.24) is 15.1 Å². The van der Waals surface area contributed by atoms with Crippen molar-refractivity contribution < 1.29 is 9.53 Å². The number of methoxy groups -OCH3 is 1. The minimum absolute atomic E-state index is 0.106. The standard InChI is InChI=1S/C16H26N4O2/c1-13(12-20-9-7-19(2)8-10-20)17-16(21)18-14-5-4-6-15(11-14)22-3/h4-6,11,13H,7-10,12H2,1-3H3,(H2,17,18,21). The third-order valence-corrected chi connectivity index (χ3v) is 3.83. The van der Waals surface area contributed by atoms with Gasteiger partial charge in [0.2, 0.25) is 0 Å². The van der Waals surface area contributed by atoms with Crippen LogP contribution in [-0.4, -0.2) is 68.8 Å². The average Bonchev–Trinajstić information content (AvgIpc) is 2.49. The van der Waals surface area contributed by atoms with Crippen LogP contribution in [0, 0.1) is 0 Å². The van der Waals surface area contributed by atoms with Crippen molar-refractivity contribution >= 4 is 11.7 Å². The van der Waals surface area contributed by atoms with Crippen molar-refractivity contribution in [3.8, 4) is 5.75 Å². The van der Waals surface area contributed by atoms with Crippen LogP contribution in [0.2, 0.25) is 0 Å². The van der Waals surface area contributed by atoms with E-state index in [0.29, 0.717) is 0 Å². The summed E-state index contributed by atoms with van der Waals surface area (Å²) in [5.74, 6) is 0.725. The van der Waals surface area contributed by atoms with Gasteiger partial charge in [-0.1, -0.05) is 6.07 Å². The maximum atomic E-state index is 12.0. The molecule has 1 saturated heterocycles. The number of hydrogen-bond acceptors (Lipinski definition) is 4. The molecule has 22 heavy (non-hydrogen) atoms. The summed E-state index contributed by atoms with van der Waals surface area (Å²) in [4.78, 5) is 16.7. The van der Waals surface area contributed by atoms with Crippen molar-refractivity contribution in [3.05, 3.63) is 24.3 Å². The number of piperazine rings is 1. The van der Waals surface area contributed by atoms with Crippen LogP contribution in [0.5, 0.6) is 5.75 Å². The minimum atomic E-state index is -0.185. The fraction of sp³-hybridized carbons (Fsp3) is 0.562. The van der Waals surface area contributed by atoms with E-state index in [2.05, 4.69) is 27.5 Å². The van der Waals surface area contributed by atoms with E-state index in [1.807, 2.05) is 25.1 Å². The van der Waals surface area contributed by atoms with Gasteiger partial charge in [0.15, 0.2) is 0 Å². The van der Waals surface area contributed by atoms with Crippen molar-refractivity contribution in [1.29, 1.82) is 0 Å². The van der Waals surface area contributed by atoms with E-state index in [9.17, 15) is 4.79 Å². The highest BCUT2D eigenvalue weighted by Crippen LogP contribution is 2.16. The summed E-state index contributed by atoms with van der Waals surface area (Å²) in [7, 11) is 3.75. The molecule has 0 aromatic heterocycles. The van der Waals surface area contributed by atoms with Crippen LogP contribution in [0.25, 0.3) is 0 Å². The van der Waals surface area contributed by atoms with Gasteiger partial charge in [-0.25, -0.2) is 4.79 Å². The lowest BCUT2D eigenvalue weighted by Crippen LogP contribution is -2.50. The third-order valence-electron chi connectivity index (χ3n) is 3.83. The monoisotopic (exact) mass is 306 g/mol. The fourth-order valence-corrected chi connectivity index (χ4v) is 2.56. The normalized spacial score (nSPS) is 17.8. The van der Waals surface area contributed by atoms with Crippen molar-refractivity contribution in [2.45, 2.75) is 13.0 Å². The first kappa shape index (κ1) is 16.6. The van der Waals surface area contributed by atoms with E-state index >= 15 is 0 Å². The number of benzene rings is 1. The molecule has 1 fully saturated rings. The highest BCUT2D eigenvalue weighted by molar-refractivity contribution is 5.89. The number of likely N-dealkylation sites (N-methyl/N-ethyl adjacent to an activating group) is 1. The molecule has 6 nitrogen and oxygen atoms in total. The Morgan fingerprint density at radius 1 is 1.32 bits per heavy atom. The Balaban J connectivity index is 1.76. The van der Waals surface area contributed by atoms with Gasteiger partial charge in [-0.15, -0.1) is 0 Å². The second kappa shape index (κ2) is 8.00. The molecule has 1 atom stereocenters. The number of urea groups is 1. The van der Waals surface area contributed by atoms with E-state index in [0.717, 1.165) is 44.2 Å². The summed E-state index contributed by atoms with van der Waals surface area (Å²) in [6.45, 7) is 7.19. The molecule has 1 heterocycles. The molecule has 0 radical (unpaired) electrons. The number of nitrogens with zero attached hydrogens (tertiary/aromatic N) is 2. The molecule has 2 rings (SSSR count). The average molecular weight is 306 g/mol. The molecule has 122 valence electrons. The predicted molar refractivity (Wildman–Crippen MR) is 88.5 cm³/mol. The molecule has 1 aliphatic heterocycles. The molecule has 1 aromatic rings. The molecule has 0 saturated carbocycles. The van der Waals surface area contributed by atoms with Crippen LogP contribution in [-0.2, 0) is 0 Å². The molecule has 0 aliphatic carbocycles. The summed E-state index contributed by atoms with van der Waals surface area (Å²) in [6.07, 6.45) is 0. The Morgan fingerprint density at radius 2 is 2.05 bits per heavy atom. The highest BCUT2D eigenvalue weighted by Gasteiger charge is 2.17. The minimum Gasteiger partial charge on any atom is -0.497 e. The third kappa shape index (κ3) is 5.20. The number of nitrogens with one attached hydrogen (secondary N) is 2. The van der Waals surface area contributed by atoms with Crippen LogP contribution in [0.4, 0.5) is 10.5 Å². The number of rotatable bonds is 5. The van der Waals surface area contributed by atoms with Crippen LogP contribution in [0.15, 0.2) is 24.3 Å². The molecule has 6 heteroatoms. The highest BCUT2D eigenvalue weighted by atomic mass is 16.5. The Kier molecular flexibility index (Phi) is 6.03. The first-order chi connectivity index (χ1) is 10.6. The van der Waals surface area contributed by atoms with Crippen LogP contribution in [0.3, 0.4) is 0 Å². The molecular weight excluding hydrogens is 280 g/mol. The molecule has 0 spiro atoms. The lowest BCUT2D eigenvalue weighted by atomic mass is 10.2. The molecule has 1 unspecified atom stereocenters. The number of amides is 2. The first-order valence-corrected chi connectivity index (χ1v) is 7.69. The van der Waals surface area contributed by atoms with Crippen LogP contribution < -0.4 is 15.4 Å². The lowest BCUT2D eigenvalue weighted by Gasteiger charge is -2.34. The van der Waals surface area contributed by atoms with Gasteiger partial charge in [-0.05, 0) is 26.1 Å². The second-order valence-electron chi connectivity index (χ2n) is 5.84. The quantitative estimate of drug-likeness (QED) is 0.864. The summed E-state index contributed by atoms with van der Waals surface area (Å²) in [5.41, 5.74) is 0.726. The summed E-state index contributed by atoms with van der Waals surface area (Å²) < 4.78 is 5.14. The summed E-state index contributed by atoms with van der Waals surface area (Å²) in [6, 6.07) is 7.25. The fourth-order valence-electron chi connectivity index (χ4n) is 2.56. The van der Waals surface area contributed by atoms with Crippen molar-refractivity contribution in [2.75, 3.05) is 52.2 Å². The van der Waals surface area contributed by atoms with E-state index in [-0.39, 0.29) is 12.1 Å². The topological polar surface area (TPSA) is 56.8 Å². The van der Waals surface area contributed by atoms with Gasteiger partial charge in [0.05, 0.1) is 7.11 Å². The van der Waals surface area contributed by atoms with Crippen molar-refractivity contribution in [3.63, 3.8) is 0 Å². The molecule has 2 amide bonds. The maximum Gasteiger partial charge on any atom is 0.319 e. The Hall–Kier alpha value is -1.79. The number of ether oxygens (including phenoxy) is 1. The molecular formula is C16H26N4O2. The smallest absolute Gasteiger partial charge is 0.319 e. The molecule has 2 N–H and O–H groups in total. The van der Waals surface area contributed by atoms with Gasteiger partial charge < -0.3 is 20.3 Å². The van der Waals surface area contributed by atoms with E-state index < -0.39 is 0 Å².